The quantitative estimate of drug-likeness (QED) is 0.751. The Balaban J connectivity index is 1.63. The summed E-state index contributed by atoms with van der Waals surface area (Å²) < 4.78 is 5.88. The lowest BCUT2D eigenvalue weighted by atomic mass is 9.44. The molecule has 1 N–H and O–H groups in total. The molecular formula is C23H40O2. The van der Waals surface area contributed by atoms with Crippen molar-refractivity contribution in [3.63, 3.8) is 0 Å². The molecule has 4 aliphatic carbocycles. The van der Waals surface area contributed by atoms with E-state index in [1.807, 2.05) is 14.0 Å². The fourth-order valence-electron chi connectivity index (χ4n) is 8.65. The van der Waals surface area contributed by atoms with Gasteiger partial charge in [-0.15, -0.1) is 0 Å². The van der Waals surface area contributed by atoms with E-state index in [1.165, 1.54) is 57.8 Å². The third-order valence-electron chi connectivity index (χ3n) is 9.70. The third-order valence-corrected chi connectivity index (χ3v) is 9.70. The van der Waals surface area contributed by atoms with Crippen molar-refractivity contribution in [2.75, 3.05) is 13.7 Å². The van der Waals surface area contributed by atoms with Crippen molar-refractivity contribution >= 4 is 0 Å². The van der Waals surface area contributed by atoms with Crippen LogP contribution in [0.4, 0.5) is 0 Å². The molecule has 2 heteroatoms. The van der Waals surface area contributed by atoms with Crippen LogP contribution in [0, 0.1) is 46.3 Å². The van der Waals surface area contributed by atoms with Gasteiger partial charge in [-0.25, -0.2) is 0 Å². The zero-order chi connectivity index (χ0) is 17.8. The molecule has 0 aromatic carbocycles. The minimum Gasteiger partial charge on any atom is -0.393 e. The van der Waals surface area contributed by atoms with E-state index in [2.05, 4.69) is 13.8 Å². The van der Waals surface area contributed by atoms with Gasteiger partial charge in [0.25, 0.3) is 0 Å². The van der Waals surface area contributed by atoms with Gasteiger partial charge in [0.05, 0.1) is 12.7 Å². The van der Waals surface area contributed by atoms with Gasteiger partial charge in [0.2, 0.25) is 0 Å². The second kappa shape index (κ2) is 6.51. The zero-order valence-electron chi connectivity index (χ0n) is 17.0. The first-order valence-electron chi connectivity index (χ1n) is 11.1. The normalized spacial score (nSPS) is 53.6. The number of methoxy groups -OCH3 is 1. The molecule has 0 bridgehead atoms. The van der Waals surface area contributed by atoms with Crippen molar-refractivity contribution in [3.05, 3.63) is 0 Å². The van der Waals surface area contributed by atoms with E-state index in [1.54, 1.807) is 0 Å². The van der Waals surface area contributed by atoms with E-state index in [9.17, 15) is 5.11 Å². The van der Waals surface area contributed by atoms with Crippen molar-refractivity contribution in [1.29, 1.82) is 0 Å². The number of ether oxygens (including phenoxy) is 1. The summed E-state index contributed by atoms with van der Waals surface area (Å²) in [4.78, 5) is 0. The van der Waals surface area contributed by atoms with Gasteiger partial charge < -0.3 is 9.84 Å². The van der Waals surface area contributed by atoms with Crippen LogP contribution in [0.25, 0.3) is 0 Å². The summed E-state index contributed by atoms with van der Waals surface area (Å²) in [5.41, 5.74) is 0.854. The highest BCUT2D eigenvalue weighted by Gasteiger charge is 2.61. The minimum atomic E-state index is -0.133. The molecule has 0 amide bonds. The molecule has 0 heterocycles. The molecular weight excluding hydrogens is 308 g/mol. The zero-order valence-corrected chi connectivity index (χ0v) is 17.0. The van der Waals surface area contributed by atoms with Gasteiger partial charge >= 0.3 is 0 Å². The van der Waals surface area contributed by atoms with Gasteiger partial charge in [0.15, 0.2) is 0 Å². The van der Waals surface area contributed by atoms with Crippen molar-refractivity contribution < 1.29 is 9.84 Å². The van der Waals surface area contributed by atoms with Crippen LogP contribution < -0.4 is 0 Å². The largest absolute Gasteiger partial charge is 0.393 e. The number of hydrogen-bond acceptors (Lipinski definition) is 2. The van der Waals surface area contributed by atoms with Crippen LogP contribution in [0.2, 0.25) is 0 Å². The lowest BCUT2D eigenvalue weighted by Gasteiger charge is -2.62. The monoisotopic (exact) mass is 348 g/mol. The molecule has 25 heavy (non-hydrogen) atoms. The molecule has 9 atom stereocenters. The van der Waals surface area contributed by atoms with Gasteiger partial charge in [0.1, 0.15) is 0 Å². The highest BCUT2D eigenvalue weighted by Crippen LogP contribution is 2.68. The summed E-state index contributed by atoms with van der Waals surface area (Å²) in [5.74, 6) is 4.95. The molecule has 4 rings (SSSR count). The maximum Gasteiger partial charge on any atom is 0.0545 e. The Hall–Kier alpha value is -0.0800. The Bertz CT molecular complexity index is 488. The predicted octanol–water partition coefficient (Wildman–Crippen LogP) is 5.29. The molecule has 0 saturated heterocycles. The summed E-state index contributed by atoms with van der Waals surface area (Å²) >= 11 is 0. The topological polar surface area (TPSA) is 29.5 Å². The van der Waals surface area contributed by atoms with E-state index in [0.29, 0.717) is 16.7 Å². The second-order valence-corrected chi connectivity index (χ2v) is 10.7. The first-order valence-corrected chi connectivity index (χ1v) is 11.1. The van der Waals surface area contributed by atoms with E-state index in [-0.39, 0.29) is 6.10 Å². The second-order valence-electron chi connectivity index (χ2n) is 10.7. The summed E-state index contributed by atoms with van der Waals surface area (Å²) in [7, 11) is 1.93. The van der Waals surface area contributed by atoms with Crippen LogP contribution in [0.15, 0.2) is 0 Å². The lowest BCUT2D eigenvalue weighted by molar-refractivity contribution is -0.154. The maximum atomic E-state index is 10.4. The molecule has 0 aromatic rings. The molecule has 0 radical (unpaired) electrons. The van der Waals surface area contributed by atoms with E-state index in [0.717, 1.165) is 36.2 Å². The summed E-state index contributed by atoms with van der Waals surface area (Å²) in [6, 6.07) is 0. The summed E-state index contributed by atoms with van der Waals surface area (Å²) in [6.07, 6.45) is 12.3. The third kappa shape index (κ3) is 2.64. The van der Waals surface area contributed by atoms with Crippen LogP contribution in [-0.4, -0.2) is 24.9 Å². The van der Waals surface area contributed by atoms with Crippen LogP contribution in [0.5, 0.6) is 0 Å². The number of fused-ring (bicyclic) bond motifs is 5. The van der Waals surface area contributed by atoms with Gasteiger partial charge in [-0.2, -0.15) is 0 Å². The number of aliphatic hydroxyl groups is 1. The number of hydrogen-bond donors (Lipinski definition) is 1. The molecule has 144 valence electrons. The SMILES string of the molecule is COCC12CCC(C)CC1CCC1C3CCC(C(C)O)C3(C)CCC12. The van der Waals surface area contributed by atoms with Crippen molar-refractivity contribution in [2.24, 2.45) is 46.3 Å². The van der Waals surface area contributed by atoms with Gasteiger partial charge in [-0.1, -0.05) is 20.3 Å². The smallest absolute Gasteiger partial charge is 0.0545 e. The molecule has 0 aromatic heterocycles. The van der Waals surface area contributed by atoms with Crippen LogP contribution in [-0.2, 0) is 4.74 Å². The molecule has 0 spiro atoms. The lowest BCUT2D eigenvalue weighted by Crippen LogP contribution is -2.56. The summed E-state index contributed by atoms with van der Waals surface area (Å²) in [6.45, 7) is 8.02. The average molecular weight is 349 g/mol. The maximum absolute atomic E-state index is 10.4. The Morgan fingerprint density at radius 1 is 1.04 bits per heavy atom. The van der Waals surface area contributed by atoms with Crippen molar-refractivity contribution in [1.82, 2.24) is 0 Å². The number of aliphatic hydroxyl groups excluding tert-OH is 1. The summed E-state index contributed by atoms with van der Waals surface area (Å²) in [5, 5.41) is 10.4. The molecule has 9 unspecified atom stereocenters. The van der Waals surface area contributed by atoms with Crippen molar-refractivity contribution in [2.45, 2.75) is 84.7 Å². The minimum absolute atomic E-state index is 0.133. The average Bonchev–Trinajstić information content (AvgIpc) is 2.93. The van der Waals surface area contributed by atoms with Crippen LogP contribution in [0.3, 0.4) is 0 Å². The fraction of sp³-hybridized carbons (Fsp3) is 1.00. The molecule has 2 nitrogen and oxygen atoms in total. The highest BCUT2D eigenvalue weighted by molar-refractivity contribution is 5.10. The Kier molecular flexibility index (Phi) is 4.77. The molecule has 4 fully saturated rings. The molecule has 0 aliphatic heterocycles. The Morgan fingerprint density at radius 2 is 1.84 bits per heavy atom. The first-order chi connectivity index (χ1) is 11.9. The van der Waals surface area contributed by atoms with Crippen LogP contribution in [0.1, 0.15) is 78.6 Å². The van der Waals surface area contributed by atoms with Gasteiger partial charge in [-0.05, 0) is 105 Å². The first kappa shape index (κ1) is 18.3. The van der Waals surface area contributed by atoms with Gasteiger partial charge in [-0.3, -0.25) is 0 Å². The van der Waals surface area contributed by atoms with Crippen LogP contribution >= 0.6 is 0 Å². The fourth-order valence-corrected chi connectivity index (χ4v) is 8.65. The molecule has 4 aliphatic rings. The highest BCUT2D eigenvalue weighted by atomic mass is 16.5. The van der Waals surface area contributed by atoms with Gasteiger partial charge in [0, 0.05) is 7.11 Å². The molecule has 4 saturated carbocycles. The van der Waals surface area contributed by atoms with E-state index < -0.39 is 0 Å². The predicted molar refractivity (Wildman–Crippen MR) is 102 cm³/mol. The number of rotatable bonds is 3. The Morgan fingerprint density at radius 3 is 2.56 bits per heavy atom. The standard InChI is InChI=1S/C23H40O2/c1-15-9-12-23(14-25-4)17(13-15)5-6-18-20-8-7-19(16(2)24)22(20,3)11-10-21(18)23/h15-21,24H,5-14H2,1-4H3. The van der Waals surface area contributed by atoms with Crippen molar-refractivity contribution in [3.8, 4) is 0 Å². The Labute approximate surface area is 155 Å². The van der Waals surface area contributed by atoms with E-state index >= 15 is 0 Å². The van der Waals surface area contributed by atoms with E-state index in [4.69, 9.17) is 4.74 Å².